The number of nitrogen functional groups attached to an aromatic ring is 1. The van der Waals surface area contributed by atoms with E-state index >= 15 is 0 Å². The molecule has 0 saturated carbocycles. The number of nitrogens with zero attached hydrogens (tertiary/aromatic N) is 2. The van der Waals surface area contributed by atoms with E-state index in [4.69, 9.17) is 10.6 Å². The van der Waals surface area contributed by atoms with Crippen molar-refractivity contribution in [1.82, 2.24) is 9.88 Å². The van der Waals surface area contributed by atoms with E-state index in [0.29, 0.717) is 23.9 Å². The lowest BCUT2D eigenvalue weighted by Gasteiger charge is -2.16. The van der Waals surface area contributed by atoms with Crippen LogP contribution in [-0.2, 0) is 4.74 Å². The molecule has 1 fully saturated rings. The van der Waals surface area contributed by atoms with Crippen molar-refractivity contribution in [3.63, 3.8) is 0 Å². The number of hydrogen-bond donors (Lipinski definition) is 2. The standard InChI is InChI=1S/C12H18N4O2/c1-18-8-9-4-5-16(7-9)12(17)10-2-3-11(15-13)14-6-10/h2-3,6,9H,4-5,7-8,13H2,1H3,(H,14,15). The molecule has 1 atom stereocenters. The molecule has 0 aromatic carbocycles. The highest BCUT2D eigenvalue weighted by molar-refractivity contribution is 5.94. The summed E-state index contributed by atoms with van der Waals surface area (Å²) >= 11 is 0. The number of hydrazine groups is 1. The van der Waals surface area contributed by atoms with Gasteiger partial charge >= 0.3 is 0 Å². The molecule has 1 aliphatic rings. The third-order valence-electron chi connectivity index (χ3n) is 3.13. The lowest BCUT2D eigenvalue weighted by molar-refractivity contribution is 0.0775. The Hall–Kier alpha value is -1.66. The highest BCUT2D eigenvalue weighted by Crippen LogP contribution is 2.19. The van der Waals surface area contributed by atoms with Gasteiger partial charge in [0.05, 0.1) is 12.2 Å². The highest BCUT2D eigenvalue weighted by Gasteiger charge is 2.26. The predicted molar refractivity (Wildman–Crippen MR) is 67.9 cm³/mol. The van der Waals surface area contributed by atoms with Gasteiger partial charge in [-0.05, 0) is 18.6 Å². The van der Waals surface area contributed by atoms with E-state index < -0.39 is 0 Å². The summed E-state index contributed by atoms with van der Waals surface area (Å²) in [4.78, 5) is 18.1. The minimum atomic E-state index is 0.0182. The number of carbonyl (C=O) groups excluding carboxylic acids is 1. The van der Waals surface area contributed by atoms with Gasteiger partial charge in [0.25, 0.3) is 5.91 Å². The van der Waals surface area contributed by atoms with Crippen LogP contribution in [0.2, 0.25) is 0 Å². The van der Waals surface area contributed by atoms with E-state index in [2.05, 4.69) is 10.4 Å². The molecule has 18 heavy (non-hydrogen) atoms. The third-order valence-corrected chi connectivity index (χ3v) is 3.13. The van der Waals surface area contributed by atoms with Crippen LogP contribution >= 0.6 is 0 Å². The largest absolute Gasteiger partial charge is 0.384 e. The van der Waals surface area contributed by atoms with Crippen LogP contribution in [0.1, 0.15) is 16.8 Å². The van der Waals surface area contributed by atoms with Gasteiger partial charge in [-0.1, -0.05) is 0 Å². The molecule has 0 bridgehead atoms. The third kappa shape index (κ3) is 2.77. The molecular formula is C12H18N4O2. The Balaban J connectivity index is 1.98. The molecule has 2 heterocycles. The fraction of sp³-hybridized carbons (Fsp3) is 0.500. The Morgan fingerprint density at radius 3 is 3.11 bits per heavy atom. The number of rotatable bonds is 4. The number of pyridine rings is 1. The average Bonchev–Trinajstić information content (AvgIpc) is 2.87. The van der Waals surface area contributed by atoms with Crippen molar-refractivity contribution >= 4 is 11.7 Å². The maximum atomic E-state index is 12.2. The van der Waals surface area contributed by atoms with Gasteiger partial charge in [-0.15, -0.1) is 0 Å². The Bertz CT molecular complexity index is 407. The lowest BCUT2D eigenvalue weighted by atomic mass is 10.1. The molecule has 0 aliphatic carbocycles. The van der Waals surface area contributed by atoms with Gasteiger partial charge in [0.15, 0.2) is 0 Å². The zero-order chi connectivity index (χ0) is 13.0. The zero-order valence-electron chi connectivity index (χ0n) is 10.4. The summed E-state index contributed by atoms with van der Waals surface area (Å²) in [5.41, 5.74) is 3.02. The van der Waals surface area contributed by atoms with Crippen LogP contribution in [0.4, 0.5) is 5.82 Å². The molecule has 0 spiro atoms. The van der Waals surface area contributed by atoms with Crippen molar-refractivity contribution in [2.45, 2.75) is 6.42 Å². The summed E-state index contributed by atoms with van der Waals surface area (Å²) < 4.78 is 5.12. The molecule has 1 aliphatic heterocycles. The fourth-order valence-electron chi connectivity index (χ4n) is 2.18. The van der Waals surface area contributed by atoms with Crippen molar-refractivity contribution in [1.29, 1.82) is 0 Å². The Morgan fingerprint density at radius 1 is 1.67 bits per heavy atom. The van der Waals surface area contributed by atoms with Crippen molar-refractivity contribution in [2.24, 2.45) is 11.8 Å². The summed E-state index contributed by atoms with van der Waals surface area (Å²) in [6.45, 7) is 2.24. The summed E-state index contributed by atoms with van der Waals surface area (Å²) in [6, 6.07) is 3.42. The van der Waals surface area contributed by atoms with Crippen LogP contribution in [0.15, 0.2) is 18.3 Å². The van der Waals surface area contributed by atoms with E-state index in [1.165, 1.54) is 0 Å². The van der Waals surface area contributed by atoms with Gasteiger partial charge in [0.1, 0.15) is 5.82 Å². The number of methoxy groups -OCH3 is 1. The number of nitrogens with two attached hydrogens (primary N) is 1. The number of aromatic nitrogens is 1. The van der Waals surface area contributed by atoms with Crippen molar-refractivity contribution < 1.29 is 9.53 Å². The quantitative estimate of drug-likeness (QED) is 0.600. The Kier molecular flexibility index (Phi) is 4.11. The minimum absolute atomic E-state index is 0.0182. The molecule has 1 saturated heterocycles. The molecule has 1 amide bonds. The first kappa shape index (κ1) is 12.8. The smallest absolute Gasteiger partial charge is 0.255 e. The van der Waals surface area contributed by atoms with Gasteiger partial charge in [-0.3, -0.25) is 4.79 Å². The molecule has 3 N–H and O–H groups in total. The van der Waals surface area contributed by atoms with Crippen molar-refractivity contribution in [3.05, 3.63) is 23.9 Å². The molecule has 1 aromatic heterocycles. The van der Waals surface area contributed by atoms with Crippen LogP contribution in [0, 0.1) is 5.92 Å². The number of amides is 1. The van der Waals surface area contributed by atoms with E-state index in [-0.39, 0.29) is 5.91 Å². The predicted octanol–water partition coefficient (Wildman–Crippen LogP) is 0.476. The second-order valence-corrected chi connectivity index (χ2v) is 4.44. The molecular weight excluding hydrogens is 232 g/mol. The number of carbonyl (C=O) groups is 1. The van der Waals surface area contributed by atoms with Crippen LogP contribution in [0.25, 0.3) is 0 Å². The summed E-state index contributed by atoms with van der Waals surface area (Å²) in [7, 11) is 1.69. The fourth-order valence-corrected chi connectivity index (χ4v) is 2.18. The Morgan fingerprint density at radius 2 is 2.50 bits per heavy atom. The topological polar surface area (TPSA) is 80.5 Å². The molecule has 6 heteroatoms. The van der Waals surface area contributed by atoms with Gasteiger partial charge < -0.3 is 15.1 Å². The average molecular weight is 250 g/mol. The zero-order valence-corrected chi connectivity index (χ0v) is 10.4. The molecule has 6 nitrogen and oxygen atoms in total. The summed E-state index contributed by atoms with van der Waals surface area (Å²) in [5, 5.41) is 0. The van der Waals surface area contributed by atoms with Crippen LogP contribution in [-0.4, -0.2) is 42.6 Å². The normalized spacial score (nSPS) is 19.0. The number of hydrogen-bond acceptors (Lipinski definition) is 5. The maximum Gasteiger partial charge on any atom is 0.255 e. The first-order valence-corrected chi connectivity index (χ1v) is 5.95. The second kappa shape index (κ2) is 5.79. The van der Waals surface area contributed by atoms with Gasteiger partial charge in [-0.2, -0.15) is 0 Å². The van der Waals surface area contributed by atoms with Gasteiger partial charge in [0.2, 0.25) is 0 Å². The Labute approximate surface area is 106 Å². The molecule has 0 radical (unpaired) electrons. The molecule has 1 unspecified atom stereocenters. The summed E-state index contributed by atoms with van der Waals surface area (Å²) in [6.07, 6.45) is 2.54. The van der Waals surface area contributed by atoms with E-state index in [1.807, 2.05) is 4.90 Å². The number of likely N-dealkylation sites (tertiary alicyclic amines) is 1. The van der Waals surface area contributed by atoms with Crippen LogP contribution < -0.4 is 11.3 Å². The highest BCUT2D eigenvalue weighted by atomic mass is 16.5. The molecule has 98 valence electrons. The van der Waals surface area contributed by atoms with Gasteiger partial charge in [-0.25, -0.2) is 10.8 Å². The van der Waals surface area contributed by atoms with Crippen molar-refractivity contribution in [3.8, 4) is 0 Å². The van der Waals surface area contributed by atoms with Crippen LogP contribution in [0.5, 0.6) is 0 Å². The number of anilines is 1. The molecule has 1 aromatic rings. The second-order valence-electron chi connectivity index (χ2n) is 4.44. The van der Waals surface area contributed by atoms with E-state index in [0.717, 1.165) is 19.5 Å². The lowest BCUT2D eigenvalue weighted by Crippen LogP contribution is -2.29. The van der Waals surface area contributed by atoms with E-state index in [9.17, 15) is 4.79 Å². The maximum absolute atomic E-state index is 12.2. The monoisotopic (exact) mass is 250 g/mol. The van der Waals surface area contributed by atoms with E-state index in [1.54, 1.807) is 25.4 Å². The summed E-state index contributed by atoms with van der Waals surface area (Å²) in [5.74, 6) is 6.23. The SMILES string of the molecule is COCC1CCN(C(=O)c2ccc(NN)nc2)C1. The first-order chi connectivity index (χ1) is 8.74. The number of nitrogens with one attached hydrogen (secondary N) is 1. The number of ether oxygens (including phenoxy) is 1. The van der Waals surface area contributed by atoms with Crippen LogP contribution in [0.3, 0.4) is 0 Å². The first-order valence-electron chi connectivity index (χ1n) is 5.95. The van der Waals surface area contributed by atoms with Gasteiger partial charge in [0, 0.05) is 32.3 Å². The minimum Gasteiger partial charge on any atom is -0.384 e. The van der Waals surface area contributed by atoms with Crippen molar-refractivity contribution in [2.75, 3.05) is 32.2 Å². The molecule has 2 rings (SSSR count).